The van der Waals surface area contributed by atoms with Crippen molar-refractivity contribution in [1.29, 1.82) is 0 Å². The number of rotatable bonds is 6. The van der Waals surface area contributed by atoms with Gasteiger partial charge in [-0.15, -0.1) is 0 Å². The molecular formula is C14H27NO3. The van der Waals surface area contributed by atoms with Gasteiger partial charge in [0.15, 0.2) is 0 Å². The quantitative estimate of drug-likeness (QED) is 0.740. The van der Waals surface area contributed by atoms with Crippen molar-refractivity contribution in [3.63, 3.8) is 0 Å². The van der Waals surface area contributed by atoms with E-state index in [1.54, 1.807) is 7.11 Å². The SMILES string of the molecule is CCC1(C(=O)OCCC(C)(C)OC)CCCNC1. The van der Waals surface area contributed by atoms with Crippen LogP contribution >= 0.6 is 0 Å². The normalized spacial score (nSPS) is 24.9. The van der Waals surface area contributed by atoms with Crippen LogP contribution < -0.4 is 5.32 Å². The summed E-state index contributed by atoms with van der Waals surface area (Å²) in [5, 5.41) is 3.30. The first kappa shape index (κ1) is 15.4. The molecule has 1 N–H and O–H groups in total. The van der Waals surface area contributed by atoms with Crippen LogP contribution in [0.3, 0.4) is 0 Å². The molecule has 106 valence electrons. The van der Waals surface area contributed by atoms with Crippen molar-refractivity contribution in [2.24, 2.45) is 5.41 Å². The highest BCUT2D eigenvalue weighted by molar-refractivity contribution is 5.77. The maximum absolute atomic E-state index is 12.2. The Hall–Kier alpha value is -0.610. The Morgan fingerprint density at radius 2 is 2.17 bits per heavy atom. The van der Waals surface area contributed by atoms with Crippen LogP contribution in [0.2, 0.25) is 0 Å². The summed E-state index contributed by atoms with van der Waals surface area (Å²) in [6, 6.07) is 0. The van der Waals surface area contributed by atoms with Crippen LogP contribution in [0, 0.1) is 5.41 Å². The number of methoxy groups -OCH3 is 1. The van der Waals surface area contributed by atoms with E-state index >= 15 is 0 Å². The Kier molecular flexibility index (Phi) is 5.60. The summed E-state index contributed by atoms with van der Waals surface area (Å²) < 4.78 is 10.8. The molecule has 0 spiro atoms. The van der Waals surface area contributed by atoms with Crippen LogP contribution in [0.4, 0.5) is 0 Å². The lowest BCUT2D eigenvalue weighted by Crippen LogP contribution is -2.46. The second kappa shape index (κ2) is 6.53. The van der Waals surface area contributed by atoms with Gasteiger partial charge >= 0.3 is 5.97 Å². The third-order valence-corrected chi connectivity index (χ3v) is 4.07. The number of hydrogen-bond acceptors (Lipinski definition) is 4. The van der Waals surface area contributed by atoms with E-state index in [2.05, 4.69) is 12.2 Å². The lowest BCUT2D eigenvalue weighted by Gasteiger charge is -2.34. The number of hydrogen-bond donors (Lipinski definition) is 1. The largest absolute Gasteiger partial charge is 0.465 e. The Labute approximate surface area is 110 Å². The predicted molar refractivity (Wildman–Crippen MR) is 71.5 cm³/mol. The molecule has 1 rings (SSSR count). The Morgan fingerprint density at radius 3 is 2.67 bits per heavy atom. The van der Waals surface area contributed by atoms with Gasteiger partial charge < -0.3 is 14.8 Å². The van der Waals surface area contributed by atoms with E-state index in [1.807, 2.05) is 13.8 Å². The lowest BCUT2D eigenvalue weighted by atomic mass is 9.78. The molecule has 1 unspecified atom stereocenters. The van der Waals surface area contributed by atoms with Gasteiger partial charge in [-0.05, 0) is 39.7 Å². The van der Waals surface area contributed by atoms with Crippen molar-refractivity contribution in [3.05, 3.63) is 0 Å². The number of carbonyl (C=O) groups is 1. The van der Waals surface area contributed by atoms with Gasteiger partial charge in [-0.25, -0.2) is 0 Å². The van der Waals surface area contributed by atoms with E-state index in [0.29, 0.717) is 6.61 Å². The summed E-state index contributed by atoms with van der Waals surface area (Å²) in [6.07, 6.45) is 3.55. The van der Waals surface area contributed by atoms with Gasteiger partial charge in [0, 0.05) is 20.1 Å². The van der Waals surface area contributed by atoms with Crippen LogP contribution in [-0.2, 0) is 14.3 Å². The third kappa shape index (κ3) is 3.95. The third-order valence-electron chi connectivity index (χ3n) is 4.07. The molecule has 0 amide bonds. The highest BCUT2D eigenvalue weighted by atomic mass is 16.5. The van der Waals surface area contributed by atoms with Crippen LogP contribution in [-0.4, -0.2) is 38.4 Å². The number of carbonyl (C=O) groups excluding carboxylic acids is 1. The van der Waals surface area contributed by atoms with Gasteiger partial charge in [0.25, 0.3) is 0 Å². The molecule has 0 aromatic carbocycles. The monoisotopic (exact) mass is 257 g/mol. The van der Waals surface area contributed by atoms with Crippen molar-refractivity contribution < 1.29 is 14.3 Å². The minimum absolute atomic E-state index is 0.0518. The molecule has 1 atom stereocenters. The van der Waals surface area contributed by atoms with Gasteiger partial charge in [0.2, 0.25) is 0 Å². The minimum atomic E-state index is -0.310. The first-order valence-corrected chi connectivity index (χ1v) is 6.89. The maximum atomic E-state index is 12.2. The van der Waals surface area contributed by atoms with E-state index in [0.717, 1.165) is 38.8 Å². The smallest absolute Gasteiger partial charge is 0.313 e. The molecule has 1 heterocycles. The maximum Gasteiger partial charge on any atom is 0.313 e. The fourth-order valence-electron chi connectivity index (χ4n) is 2.23. The molecule has 0 aromatic rings. The molecule has 0 aromatic heterocycles. The highest BCUT2D eigenvalue weighted by Crippen LogP contribution is 2.31. The number of nitrogens with one attached hydrogen (secondary N) is 1. The zero-order valence-electron chi connectivity index (χ0n) is 12.2. The predicted octanol–water partition coefficient (Wildman–Crippen LogP) is 2.12. The van der Waals surface area contributed by atoms with Crippen molar-refractivity contribution in [2.45, 2.75) is 52.1 Å². The zero-order chi connectivity index (χ0) is 13.6. The Bertz CT molecular complexity index is 270. The Balaban J connectivity index is 2.43. The first-order valence-electron chi connectivity index (χ1n) is 6.89. The van der Waals surface area contributed by atoms with Crippen molar-refractivity contribution in [2.75, 3.05) is 26.8 Å². The molecule has 0 bridgehead atoms. The number of ether oxygens (including phenoxy) is 2. The second-order valence-electron chi connectivity index (χ2n) is 5.76. The van der Waals surface area contributed by atoms with Crippen molar-refractivity contribution >= 4 is 5.97 Å². The molecule has 0 radical (unpaired) electrons. The van der Waals surface area contributed by atoms with Crippen molar-refractivity contribution in [1.82, 2.24) is 5.32 Å². The molecule has 1 aliphatic heterocycles. The standard InChI is InChI=1S/C14H27NO3/c1-5-14(7-6-9-15-11-14)12(16)18-10-8-13(2,3)17-4/h15H,5-11H2,1-4H3. The van der Waals surface area contributed by atoms with E-state index in [9.17, 15) is 4.79 Å². The van der Waals surface area contributed by atoms with E-state index < -0.39 is 0 Å². The van der Waals surface area contributed by atoms with E-state index in [1.165, 1.54) is 0 Å². The summed E-state index contributed by atoms with van der Waals surface area (Å²) >= 11 is 0. The second-order valence-corrected chi connectivity index (χ2v) is 5.76. The summed E-state index contributed by atoms with van der Waals surface area (Å²) in [7, 11) is 1.68. The van der Waals surface area contributed by atoms with Crippen LogP contribution in [0.5, 0.6) is 0 Å². The fourth-order valence-corrected chi connectivity index (χ4v) is 2.23. The summed E-state index contributed by atoms with van der Waals surface area (Å²) in [4.78, 5) is 12.2. The summed E-state index contributed by atoms with van der Waals surface area (Å²) in [5.74, 6) is -0.0518. The molecule has 0 saturated carbocycles. The molecule has 1 saturated heterocycles. The van der Waals surface area contributed by atoms with Gasteiger partial charge in [-0.3, -0.25) is 4.79 Å². The highest BCUT2D eigenvalue weighted by Gasteiger charge is 2.39. The number of esters is 1. The molecule has 1 aliphatic rings. The molecule has 1 fully saturated rings. The lowest BCUT2D eigenvalue weighted by molar-refractivity contribution is -0.159. The van der Waals surface area contributed by atoms with Gasteiger partial charge in [-0.2, -0.15) is 0 Å². The molecule has 0 aliphatic carbocycles. The van der Waals surface area contributed by atoms with Crippen LogP contribution in [0.1, 0.15) is 46.5 Å². The van der Waals surface area contributed by atoms with Crippen LogP contribution in [0.25, 0.3) is 0 Å². The topological polar surface area (TPSA) is 47.6 Å². The number of piperidine rings is 1. The van der Waals surface area contributed by atoms with Crippen LogP contribution in [0.15, 0.2) is 0 Å². The average Bonchev–Trinajstić information content (AvgIpc) is 2.39. The van der Waals surface area contributed by atoms with Gasteiger partial charge in [0.1, 0.15) is 0 Å². The Morgan fingerprint density at radius 1 is 1.44 bits per heavy atom. The first-order chi connectivity index (χ1) is 8.46. The zero-order valence-corrected chi connectivity index (χ0v) is 12.2. The molecule has 18 heavy (non-hydrogen) atoms. The summed E-state index contributed by atoms with van der Waals surface area (Å²) in [5.41, 5.74) is -0.542. The fraction of sp³-hybridized carbons (Fsp3) is 0.929. The van der Waals surface area contributed by atoms with Gasteiger partial charge in [-0.1, -0.05) is 6.92 Å². The van der Waals surface area contributed by atoms with Gasteiger partial charge in [0.05, 0.1) is 17.6 Å². The molecular weight excluding hydrogens is 230 g/mol. The van der Waals surface area contributed by atoms with E-state index in [4.69, 9.17) is 9.47 Å². The average molecular weight is 257 g/mol. The molecule has 4 nitrogen and oxygen atoms in total. The van der Waals surface area contributed by atoms with E-state index in [-0.39, 0.29) is 17.0 Å². The molecule has 4 heteroatoms. The summed E-state index contributed by atoms with van der Waals surface area (Å²) in [6.45, 7) is 8.24. The van der Waals surface area contributed by atoms with Crippen molar-refractivity contribution in [3.8, 4) is 0 Å². The minimum Gasteiger partial charge on any atom is -0.465 e.